The summed E-state index contributed by atoms with van der Waals surface area (Å²) in [4.78, 5) is 7.58. The van der Waals surface area contributed by atoms with Crippen molar-refractivity contribution in [3.8, 4) is 11.3 Å². The van der Waals surface area contributed by atoms with Crippen LogP contribution >= 0.6 is 0 Å². The van der Waals surface area contributed by atoms with Gasteiger partial charge in [-0.2, -0.15) is 0 Å². The number of aromatic amines is 1. The Kier molecular flexibility index (Phi) is 3.53. The quantitative estimate of drug-likeness (QED) is 0.869. The van der Waals surface area contributed by atoms with Crippen LogP contribution in [-0.4, -0.2) is 17.0 Å². The van der Waals surface area contributed by atoms with Gasteiger partial charge in [0.05, 0.1) is 17.7 Å². The molecule has 2 rings (SSSR count). The molecule has 0 saturated carbocycles. The topological polar surface area (TPSA) is 40.7 Å². The van der Waals surface area contributed by atoms with E-state index >= 15 is 0 Å². The van der Waals surface area contributed by atoms with Gasteiger partial charge in [-0.25, -0.2) is 4.98 Å². The molecule has 2 aromatic rings. The predicted molar refractivity (Wildman–Crippen MR) is 75.5 cm³/mol. The molecule has 0 aliphatic carbocycles. The minimum Gasteiger partial charge on any atom is -0.347 e. The number of nitrogens with zero attached hydrogens (tertiary/aromatic N) is 1. The summed E-state index contributed by atoms with van der Waals surface area (Å²) in [6, 6.07) is 8.67. The van der Waals surface area contributed by atoms with E-state index in [-0.39, 0.29) is 5.41 Å². The average Bonchev–Trinajstić information content (AvgIpc) is 2.77. The Hall–Kier alpha value is -1.61. The third kappa shape index (κ3) is 2.62. The van der Waals surface area contributed by atoms with Crippen LogP contribution in [0, 0.1) is 0 Å². The largest absolute Gasteiger partial charge is 0.347 e. The smallest absolute Gasteiger partial charge is 0.0929 e. The molecule has 0 aliphatic heterocycles. The molecule has 0 amide bonds. The molecule has 0 bridgehead atoms. The summed E-state index contributed by atoms with van der Waals surface area (Å²) in [6.45, 7) is 7.48. The highest BCUT2D eigenvalue weighted by Gasteiger charge is 2.14. The van der Waals surface area contributed by atoms with Crippen molar-refractivity contribution in [2.45, 2.75) is 32.7 Å². The highest BCUT2D eigenvalue weighted by atomic mass is 14.9. The van der Waals surface area contributed by atoms with E-state index in [1.807, 2.05) is 7.05 Å². The minimum atomic E-state index is 0.192. The van der Waals surface area contributed by atoms with Crippen molar-refractivity contribution in [1.29, 1.82) is 0 Å². The van der Waals surface area contributed by atoms with Crippen LogP contribution in [0.5, 0.6) is 0 Å². The standard InChI is InChI=1S/C15H21N3/c1-15(2,3)12-7-5-11(6-8-12)14-13(9-16-4)17-10-18-14/h5-8,10,16H,9H2,1-4H3,(H,17,18). The lowest BCUT2D eigenvalue weighted by Crippen LogP contribution is -2.10. The van der Waals surface area contributed by atoms with Crippen LogP contribution in [0.2, 0.25) is 0 Å². The number of H-pyrrole nitrogens is 1. The Labute approximate surface area is 109 Å². The molecule has 3 nitrogen and oxygen atoms in total. The minimum absolute atomic E-state index is 0.192. The second-order valence-corrected chi connectivity index (χ2v) is 5.59. The Bertz CT molecular complexity index is 503. The molecule has 0 fully saturated rings. The third-order valence-corrected chi connectivity index (χ3v) is 3.10. The molecule has 0 saturated heterocycles. The molecule has 2 N–H and O–H groups in total. The van der Waals surface area contributed by atoms with Crippen LogP contribution in [0.1, 0.15) is 32.0 Å². The van der Waals surface area contributed by atoms with Crippen LogP contribution in [0.25, 0.3) is 11.3 Å². The van der Waals surface area contributed by atoms with Crippen molar-refractivity contribution >= 4 is 0 Å². The molecule has 0 unspecified atom stereocenters. The maximum Gasteiger partial charge on any atom is 0.0929 e. The van der Waals surface area contributed by atoms with Gasteiger partial charge < -0.3 is 10.3 Å². The van der Waals surface area contributed by atoms with E-state index in [1.54, 1.807) is 6.33 Å². The first-order valence-electron chi connectivity index (χ1n) is 6.30. The molecular weight excluding hydrogens is 222 g/mol. The highest BCUT2D eigenvalue weighted by Crippen LogP contribution is 2.26. The number of hydrogen-bond donors (Lipinski definition) is 2. The lowest BCUT2D eigenvalue weighted by atomic mass is 9.86. The molecule has 1 aromatic carbocycles. The summed E-state index contributed by atoms with van der Waals surface area (Å²) in [5.41, 5.74) is 4.86. The Morgan fingerprint density at radius 3 is 2.39 bits per heavy atom. The van der Waals surface area contributed by atoms with Gasteiger partial charge in [-0.3, -0.25) is 0 Å². The van der Waals surface area contributed by atoms with Gasteiger partial charge in [-0.15, -0.1) is 0 Å². The summed E-state index contributed by atoms with van der Waals surface area (Å²) in [5.74, 6) is 0. The molecule has 18 heavy (non-hydrogen) atoms. The zero-order valence-corrected chi connectivity index (χ0v) is 11.5. The van der Waals surface area contributed by atoms with Crippen molar-refractivity contribution in [1.82, 2.24) is 15.3 Å². The molecule has 0 radical (unpaired) electrons. The first-order valence-corrected chi connectivity index (χ1v) is 6.30. The third-order valence-electron chi connectivity index (χ3n) is 3.10. The van der Waals surface area contributed by atoms with Crippen LogP contribution in [0.4, 0.5) is 0 Å². The average molecular weight is 243 g/mol. The van der Waals surface area contributed by atoms with E-state index in [2.05, 4.69) is 60.3 Å². The maximum atomic E-state index is 4.40. The molecule has 0 aliphatic rings. The molecule has 3 heteroatoms. The van der Waals surface area contributed by atoms with E-state index in [0.29, 0.717) is 0 Å². The van der Waals surface area contributed by atoms with Gasteiger partial charge >= 0.3 is 0 Å². The Morgan fingerprint density at radius 1 is 1.17 bits per heavy atom. The van der Waals surface area contributed by atoms with Crippen molar-refractivity contribution in [3.63, 3.8) is 0 Å². The van der Waals surface area contributed by atoms with Crippen molar-refractivity contribution in [3.05, 3.63) is 41.9 Å². The van der Waals surface area contributed by atoms with Crippen LogP contribution in [-0.2, 0) is 12.0 Å². The number of rotatable bonds is 3. The van der Waals surface area contributed by atoms with Crippen molar-refractivity contribution in [2.24, 2.45) is 0 Å². The van der Waals surface area contributed by atoms with Gasteiger partial charge in [0.1, 0.15) is 0 Å². The number of nitrogens with one attached hydrogen (secondary N) is 2. The van der Waals surface area contributed by atoms with Gasteiger partial charge in [-0.05, 0) is 18.0 Å². The molecule has 96 valence electrons. The zero-order chi connectivity index (χ0) is 13.2. The van der Waals surface area contributed by atoms with Crippen molar-refractivity contribution < 1.29 is 0 Å². The molecule has 1 aromatic heterocycles. The van der Waals surface area contributed by atoms with Gasteiger partial charge in [0.25, 0.3) is 0 Å². The maximum absolute atomic E-state index is 4.40. The summed E-state index contributed by atoms with van der Waals surface area (Å²) in [6.07, 6.45) is 1.75. The van der Waals surface area contributed by atoms with E-state index < -0.39 is 0 Å². The fourth-order valence-corrected chi connectivity index (χ4v) is 2.01. The molecule has 0 atom stereocenters. The normalized spacial score (nSPS) is 11.8. The first-order chi connectivity index (χ1) is 8.52. The first kappa shape index (κ1) is 12.8. The summed E-state index contributed by atoms with van der Waals surface area (Å²) < 4.78 is 0. The van der Waals surface area contributed by atoms with Crippen molar-refractivity contribution in [2.75, 3.05) is 7.05 Å². The second kappa shape index (κ2) is 4.94. The van der Waals surface area contributed by atoms with Crippen LogP contribution in [0.15, 0.2) is 30.6 Å². The lowest BCUT2D eigenvalue weighted by molar-refractivity contribution is 0.590. The molecule has 1 heterocycles. The van der Waals surface area contributed by atoms with E-state index in [4.69, 9.17) is 0 Å². The van der Waals surface area contributed by atoms with Gasteiger partial charge in [-0.1, -0.05) is 45.0 Å². The summed E-state index contributed by atoms with van der Waals surface area (Å²) >= 11 is 0. The van der Waals surface area contributed by atoms with Crippen LogP contribution < -0.4 is 5.32 Å². The lowest BCUT2D eigenvalue weighted by Gasteiger charge is -2.19. The Morgan fingerprint density at radius 2 is 1.83 bits per heavy atom. The number of imidazole rings is 1. The van der Waals surface area contributed by atoms with E-state index in [0.717, 1.165) is 23.5 Å². The Balaban J connectivity index is 2.32. The van der Waals surface area contributed by atoms with Crippen LogP contribution in [0.3, 0.4) is 0 Å². The van der Waals surface area contributed by atoms with E-state index in [9.17, 15) is 0 Å². The van der Waals surface area contributed by atoms with Gasteiger partial charge in [0.15, 0.2) is 0 Å². The van der Waals surface area contributed by atoms with Gasteiger partial charge in [0, 0.05) is 12.1 Å². The second-order valence-electron chi connectivity index (χ2n) is 5.59. The zero-order valence-electron chi connectivity index (χ0n) is 11.5. The SMILES string of the molecule is CNCc1[nH]cnc1-c1ccc(C(C)(C)C)cc1. The molecular formula is C15H21N3. The number of aromatic nitrogens is 2. The fraction of sp³-hybridized carbons (Fsp3) is 0.400. The van der Waals surface area contributed by atoms with E-state index in [1.165, 1.54) is 5.56 Å². The fourth-order valence-electron chi connectivity index (χ4n) is 2.01. The number of hydrogen-bond acceptors (Lipinski definition) is 2. The summed E-state index contributed by atoms with van der Waals surface area (Å²) in [5, 5.41) is 3.14. The van der Waals surface area contributed by atoms with Gasteiger partial charge in [0.2, 0.25) is 0 Å². The highest BCUT2D eigenvalue weighted by molar-refractivity contribution is 5.62. The summed E-state index contributed by atoms with van der Waals surface area (Å²) in [7, 11) is 1.94. The monoisotopic (exact) mass is 243 g/mol. The predicted octanol–water partition coefficient (Wildman–Crippen LogP) is 3.09. The molecule has 0 spiro atoms. The number of benzene rings is 1.